The summed E-state index contributed by atoms with van der Waals surface area (Å²) in [4.78, 5) is 26.6. The molecule has 0 aliphatic rings. The van der Waals surface area contributed by atoms with E-state index in [1.165, 1.54) is 0 Å². The van der Waals surface area contributed by atoms with Gasteiger partial charge in [0.15, 0.2) is 0 Å². The quantitative estimate of drug-likeness (QED) is 0.706. The van der Waals surface area contributed by atoms with Gasteiger partial charge in [0.25, 0.3) is 11.8 Å². The average molecular weight is 317 g/mol. The number of carbonyl (C=O) groups is 2. The van der Waals surface area contributed by atoms with Crippen LogP contribution >= 0.6 is 0 Å². The summed E-state index contributed by atoms with van der Waals surface area (Å²) >= 11 is 0. The number of aromatic nitrogens is 1. The molecule has 0 spiro atoms. The van der Waals surface area contributed by atoms with Gasteiger partial charge in [-0.25, -0.2) is 0 Å². The summed E-state index contributed by atoms with van der Waals surface area (Å²) in [6.45, 7) is 2.79. The standard InChI is InChI=1S/C16H19N3O4/c1-3-23-10-12-9-11(6-7-14(12)22-2)15(20)18-19-16(21)13-5-4-8-17-13/h4-9,17H,3,10H2,1-2H3,(H,18,20)(H,19,21). The Kier molecular flexibility index (Phi) is 5.76. The van der Waals surface area contributed by atoms with Crippen LogP contribution in [0.2, 0.25) is 0 Å². The van der Waals surface area contributed by atoms with Crippen LogP contribution in [0.25, 0.3) is 0 Å². The number of aromatic amines is 1. The topological polar surface area (TPSA) is 92.5 Å². The summed E-state index contributed by atoms with van der Waals surface area (Å²) in [6.07, 6.45) is 1.63. The maximum absolute atomic E-state index is 12.1. The van der Waals surface area contributed by atoms with Crippen LogP contribution in [0.15, 0.2) is 36.5 Å². The third-order valence-electron chi connectivity index (χ3n) is 3.14. The molecule has 122 valence electrons. The van der Waals surface area contributed by atoms with Crippen molar-refractivity contribution in [2.24, 2.45) is 0 Å². The minimum atomic E-state index is -0.426. The lowest BCUT2D eigenvalue weighted by molar-refractivity contribution is 0.0844. The van der Waals surface area contributed by atoms with Gasteiger partial charge in [-0.3, -0.25) is 20.4 Å². The maximum Gasteiger partial charge on any atom is 0.286 e. The number of hydrazine groups is 1. The van der Waals surface area contributed by atoms with Crippen LogP contribution in [-0.2, 0) is 11.3 Å². The molecule has 0 atom stereocenters. The Morgan fingerprint density at radius 1 is 1.17 bits per heavy atom. The van der Waals surface area contributed by atoms with E-state index in [2.05, 4.69) is 15.8 Å². The van der Waals surface area contributed by atoms with Crippen molar-refractivity contribution in [2.45, 2.75) is 13.5 Å². The third-order valence-corrected chi connectivity index (χ3v) is 3.14. The molecule has 2 aromatic rings. The second-order valence-corrected chi connectivity index (χ2v) is 4.66. The maximum atomic E-state index is 12.1. The number of amides is 2. The van der Waals surface area contributed by atoms with E-state index in [4.69, 9.17) is 9.47 Å². The molecular formula is C16H19N3O4. The van der Waals surface area contributed by atoms with Crippen molar-refractivity contribution in [3.8, 4) is 5.75 Å². The van der Waals surface area contributed by atoms with Gasteiger partial charge in [0.2, 0.25) is 0 Å². The predicted molar refractivity (Wildman–Crippen MR) is 84.0 cm³/mol. The van der Waals surface area contributed by atoms with Crippen LogP contribution in [0.1, 0.15) is 33.3 Å². The van der Waals surface area contributed by atoms with E-state index >= 15 is 0 Å². The van der Waals surface area contributed by atoms with Crippen molar-refractivity contribution < 1.29 is 19.1 Å². The Balaban J connectivity index is 2.02. The first kappa shape index (κ1) is 16.6. The molecule has 0 aliphatic heterocycles. The van der Waals surface area contributed by atoms with Gasteiger partial charge in [-0.15, -0.1) is 0 Å². The molecule has 0 saturated heterocycles. The van der Waals surface area contributed by atoms with E-state index in [-0.39, 0.29) is 0 Å². The zero-order valence-electron chi connectivity index (χ0n) is 13.0. The number of rotatable bonds is 6. The van der Waals surface area contributed by atoms with Crippen LogP contribution in [-0.4, -0.2) is 30.5 Å². The average Bonchev–Trinajstić information content (AvgIpc) is 3.11. The molecule has 0 fully saturated rings. The molecule has 23 heavy (non-hydrogen) atoms. The Morgan fingerprint density at radius 3 is 2.61 bits per heavy atom. The van der Waals surface area contributed by atoms with Gasteiger partial charge >= 0.3 is 0 Å². The zero-order chi connectivity index (χ0) is 16.7. The van der Waals surface area contributed by atoms with Crippen molar-refractivity contribution in [3.05, 3.63) is 53.3 Å². The monoisotopic (exact) mass is 317 g/mol. The Labute approximate surface area is 134 Å². The summed E-state index contributed by atoms with van der Waals surface area (Å²) in [6, 6.07) is 8.28. The van der Waals surface area contributed by atoms with Gasteiger partial charge in [0, 0.05) is 23.9 Å². The number of H-pyrrole nitrogens is 1. The molecule has 7 nitrogen and oxygen atoms in total. The first-order valence-corrected chi connectivity index (χ1v) is 7.14. The molecule has 0 saturated carbocycles. The van der Waals surface area contributed by atoms with Crippen molar-refractivity contribution >= 4 is 11.8 Å². The zero-order valence-corrected chi connectivity index (χ0v) is 13.0. The summed E-state index contributed by atoms with van der Waals surface area (Å²) in [5.41, 5.74) is 6.23. The number of ether oxygens (including phenoxy) is 2. The number of nitrogens with one attached hydrogen (secondary N) is 3. The minimum absolute atomic E-state index is 0.343. The Bertz CT molecular complexity index is 668. The second-order valence-electron chi connectivity index (χ2n) is 4.66. The van der Waals surface area contributed by atoms with E-state index in [0.29, 0.717) is 30.2 Å². The van der Waals surface area contributed by atoms with Gasteiger partial charge in [0.1, 0.15) is 11.4 Å². The second kappa shape index (κ2) is 8.00. The van der Waals surface area contributed by atoms with Gasteiger partial charge in [0.05, 0.1) is 13.7 Å². The van der Waals surface area contributed by atoms with Gasteiger partial charge in [-0.2, -0.15) is 0 Å². The molecule has 1 aromatic heterocycles. The fraction of sp³-hybridized carbons (Fsp3) is 0.250. The van der Waals surface area contributed by atoms with E-state index in [1.54, 1.807) is 43.6 Å². The minimum Gasteiger partial charge on any atom is -0.496 e. The van der Waals surface area contributed by atoms with Crippen LogP contribution in [0.3, 0.4) is 0 Å². The van der Waals surface area contributed by atoms with E-state index in [0.717, 1.165) is 5.56 Å². The predicted octanol–water partition coefficient (Wildman–Crippen LogP) is 1.63. The van der Waals surface area contributed by atoms with Crippen LogP contribution in [0.5, 0.6) is 5.75 Å². The largest absolute Gasteiger partial charge is 0.496 e. The smallest absolute Gasteiger partial charge is 0.286 e. The van der Waals surface area contributed by atoms with Crippen LogP contribution < -0.4 is 15.6 Å². The molecule has 3 N–H and O–H groups in total. The highest BCUT2D eigenvalue weighted by molar-refractivity contribution is 5.98. The summed E-state index contributed by atoms with van der Waals surface area (Å²) < 4.78 is 10.6. The summed E-state index contributed by atoms with van der Waals surface area (Å²) in [5, 5.41) is 0. The molecule has 2 rings (SSSR count). The van der Waals surface area contributed by atoms with Crippen LogP contribution in [0, 0.1) is 0 Å². The van der Waals surface area contributed by atoms with Crippen molar-refractivity contribution in [1.82, 2.24) is 15.8 Å². The number of carbonyl (C=O) groups excluding carboxylic acids is 2. The van der Waals surface area contributed by atoms with Crippen molar-refractivity contribution in [1.29, 1.82) is 0 Å². The molecule has 7 heteroatoms. The SMILES string of the molecule is CCOCc1cc(C(=O)NNC(=O)c2ccc[nH]2)ccc1OC. The highest BCUT2D eigenvalue weighted by Crippen LogP contribution is 2.20. The number of methoxy groups -OCH3 is 1. The van der Waals surface area contributed by atoms with E-state index in [1.807, 2.05) is 6.92 Å². The molecule has 0 bridgehead atoms. The number of hydrogen-bond acceptors (Lipinski definition) is 4. The van der Waals surface area contributed by atoms with Crippen molar-refractivity contribution in [2.75, 3.05) is 13.7 Å². The lowest BCUT2D eigenvalue weighted by atomic mass is 10.1. The molecule has 2 amide bonds. The van der Waals surface area contributed by atoms with E-state index in [9.17, 15) is 9.59 Å². The lowest BCUT2D eigenvalue weighted by Gasteiger charge is -2.11. The number of hydrogen-bond donors (Lipinski definition) is 3. The number of benzene rings is 1. The van der Waals surface area contributed by atoms with E-state index < -0.39 is 11.8 Å². The molecule has 0 radical (unpaired) electrons. The van der Waals surface area contributed by atoms with Crippen LogP contribution in [0.4, 0.5) is 0 Å². The molecule has 1 aromatic carbocycles. The van der Waals surface area contributed by atoms with Gasteiger partial charge in [-0.05, 0) is 37.3 Å². The fourth-order valence-electron chi connectivity index (χ4n) is 1.97. The lowest BCUT2D eigenvalue weighted by Crippen LogP contribution is -2.41. The first-order chi connectivity index (χ1) is 11.2. The third kappa shape index (κ3) is 4.33. The van der Waals surface area contributed by atoms with Gasteiger partial charge < -0.3 is 14.5 Å². The summed E-state index contributed by atoms with van der Waals surface area (Å²) in [7, 11) is 1.56. The molecular weight excluding hydrogens is 298 g/mol. The highest BCUT2D eigenvalue weighted by Gasteiger charge is 2.12. The summed E-state index contributed by atoms with van der Waals surface area (Å²) in [5.74, 6) is -0.206. The van der Waals surface area contributed by atoms with Crippen molar-refractivity contribution in [3.63, 3.8) is 0 Å². The normalized spacial score (nSPS) is 10.2. The Hall–Kier alpha value is -2.80. The molecule has 0 aliphatic carbocycles. The molecule has 0 unspecified atom stereocenters. The highest BCUT2D eigenvalue weighted by atomic mass is 16.5. The first-order valence-electron chi connectivity index (χ1n) is 7.14. The molecule has 1 heterocycles. The van der Waals surface area contributed by atoms with Gasteiger partial charge in [-0.1, -0.05) is 0 Å². The Morgan fingerprint density at radius 2 is 1.96 bits per heavy atom. The fourth-order valence-corrected chi connectivity index (χ4v) is 1.97.